The summed E-state index contributed by atoms with van der Waals surface area (Å²) >= 11 is 1.36. The molecule has 0 unspecified atom stereocenters. The predicted molar refractivity (Wildman–Crippen MR) is 109 cm³/mol. The maximum absolute atomic E-state index is 11.8. The second-order valence-corrected chi connectivity index (χ2v) is 7.63. The lowest BCUT2D eigenvalue weighted by atomic mass is 9.90. The Bertz CT molecular complexity index is 927. The van der Waals surface area contributed by atoms with Crippen molar-refractivity contribution in [1.29, 1.82) is 0 Å². The van der Waals surface area contributed by atoms with E-state index in [2.05, 4.69) is 44.5 Å². The molecule has 1 N–H and O–H groups in total. The van der Waals surface area contributed by atoms with Crippen LogP contribution in [0.1, 0.15) is 18.4 Å². The van der Waals surface area contributed by atoms with E-state index in [1.54, 1.807) is 11.6 Å². The van der Waals surface area contributed by atoms with Gasteiger partial charge in [0.2, 0.25) is 11.6 Å². The Morgan fingerprint density at radius 3 is 2.64 bits per heavy atom. The molecule has 2 aromatic heterocycles. The van der Waals surface area contributed by atoms with E-state index in [0.717, 1.165) is 32.4 Å². The zero-order chi connectivity index (χ0) is 19.3. The topological polar surface area (TPSA) is 97.1 Å². The average molecular weight is 396 g/mol. The van der Waals surface area contributed by atoms with Crippen molar-refractivity contribution in [3.8, 4) is 0 Å². The summed E-state index contributed by atoms with van der Waals surface area (Å²) in [5, 5.41) is 17.1. The molecule has 0 radical (unpaired) electrons. The highest BCUT2D eigenvalue weighted by Crippen LogP contribution is 2.36. The van der Waals surface area contributed by atoms with Gasteiger partial charge in [0.15, 0.2) is 5.13 Å². The first kappa shape index (κ1) is 18.3. The third-order valence-electron chi connectivity index (χ3n) is 4.92. The van der Waals surface area contributed by atoms with Crippen molar-refractivity contribution < 1.29 is 4.92 Å². The summed E-state index contributed by atoms with van der Waals surface area (Å²) in [6, 6.07) is 10.4. The lowest BCUT2D eigenvalue weighted by molar-refractivity contribution is -0.383. The van der Waals surface area contributed by atoms with E-state index in [4.69, 9.17) is 0 Å². The fraction of sp³-hybridized carbons (Fsp3) is 0.316. The molecule has 3 heterocycles. The summed E-state index contributed by atoms with van der Waals surface area (Å²) in [6.07, 6.45) is 6.00. The Morgan fingerprint density at radius 1 is 1.18 bits per heavy atom. The molecule has 3 aromatic rings. The summed E-state index contributed by atoms with van der Waals surface area (Å²) < 4.78 is 0. The Hall–Kier alpha value is -3.07. The van der Waals surface area contributed by atoms with Gasteiger partial charge in [-0.2, -0.15) is 0 Å². The van der Waals surface area contributed by atoms with Crippen molar-refractivity contribution >= 4 is 33.8 Å². The van der Waals surface area contributed by atoms with Crippen LogP contribution in [-0.4, -0.2) is 33.0 Å². The molecule has 28 heavy (non-hydrogen) atoms. The second kappa shape index (κ2) is 8.30. The molecule has 1 aromatic carbocycles. The van der Waals surface area contributed by atoms with Crippen molar-refractivity contribution in [1.82, 2.24) is 15.0 Å². The minimum Gasteiger partial charge on any atom is -0.351 e. The number of benzene rings is 1. The highest BCUT2D eigenvalue weighted by molar-refractivity contribution is 7.13. The second-order valence-electron chi connectivity index (χ2n) is 6.73. The number of nitrogens with one attached hydrogen (secondary N) is 1. The van der Waals surface area contributed by atoms with Gasteiger partial charge in [-0.1, -0.05) is 30.3 Å². The van der Waals surface area contributed by atoms with Gasteiger partial charge in [0.25, 0.3) is 0 Å². The first-order valence-electron chi connectivity index (χ1n) is 9.15. The third kappa shape index (κ3) is 4.09. The number of piperidine rings is 1. The van der Waals surface area contributed by atoms with E-state index in [0.29, 0.717) is 16.9 Å². The number of aromatic nitrogens is 3. The minimum absolute atomic E-state index is 0.0980. The van der Waals surface area contributed by atoms with Crippen LogP contribution in [0.3, 0.4) is 0 Å². The molecule has 144 valence electrons. The van der Waals surface area contributed by atoms with Crippen LogP contribution in [0, 0.1) is 16.0 Å². The van der Waals surface area contributed by atoms with Crippen LogP contribution in [0.4, 0.5) is 22.5 Å². The molecule has 1 fully saturated rings. The normalized spacial score (nSPS) is 14.8. The van der Waals surface area contributed by atoms with Gasteiger partial charge in [0.1, 0.15) is 6.33 Å². The van der Waals surface area contributed by atoms with E-state index < -0.39 is 4.92 Å². The molecule has 0 atom stereocenters. The van der Waals surface area contributed by atoms with Crippen molar-refractivity contribution in [3.05, 3.63) is 63.9 Å². The number of hydrogen-bond acceptors (Lipinski definition) is 8. The quantitative estimate of drug-likeness (QED) is 0.496. The van der Waals surface area contributed by atoms with Crippen LogP contribution < -0.4 is 10.2 Å². The van der Waals surface area contributed by atoms with Gasteiger partial charge in [-0.05, 0) is 30.7 Å². The van der Waals surface area contributed by atoms with Crippen LogP contribution in [0.2, 0.25) is 0 Å². The monoisotopic (exact) mass is 396 g/mol. The summed E-state index contributed by atoms with van der Waals surface area (Å²) in [5.74, 6) is 1.13. The molecule has 1 aliphatic rings. The SMILES string of the molecule is O=[N+]([O-])c1c(Nc2nccs2)ncnc1N1CCC(Cc2ccccc2)CC1. The Balaban J connectivity index is 1.49. The maximum atomic E-state index is 11.8. The smallest absolute Gasteiger partial charge is 0.351 e. The molecule has 0 amide bonds. The third-order valence-corrected chi connectivity index (χ3v) is 5.61. The summed E-state index contributed by atoms with van der Waals surface area (Å²) in [6.45, 7) is 1.48. The van der Waals surface area contributed by atoms with Gasteiger partial charge in [-0.15, -0.1) is 11.3 Å². The number of hydrogen-bond donors (Lipinski definition) is 1. The highest BCUT2D eigenvalue weighted by atomic mass is 32.1. The van der Waals surface area contributed by atoms with Crippen LogP contribution >= 0.6 is 11.3 Å². The molecule has 0 aliphatic carbocycles. The molecule has 9 heteroatoms. The van der Waals surface area contributed by atoms with E-state index in [-0.39, 0.29) is 11.5 Å². The number of nitrogens with zero attached hydrogens (tertiary/aromatic N) is 5. The zero-order valence-corrected chi connectivity index (χ0v) is 16.0. The largest absolute Gasteiger partial charge is 0.353 e. The first-order valence-corrected chi connectivity index (χ1v) is 10.0. The molecule has 4 rings (SSSR count). The number of rotatable bonds is 6. The molecule has 0 bridgehead atoms. The number of nitro groups is 1. The van der Waals surface area contributed by atoms with Crippen molar-refractivity contribution in [3.63, 3.8) is 0 Å². The zero-order valence-electron chi connectivity index (χ0n) is 15.2. The molecule has 8 nitrogen and oxygen atoms in total. The van der Waals surface area contributed by atoms with Crippen LogP contribution in [0.15, 0.2) is 48.2 Å². The van der Waals surface area contributed by atoms with Crippen molar-refractivity contribution in [2.75, 3.05) is 23.3 Å². The molecule has 1 saturated heterocycles. The Morgan fingerprint density at radius 2 is 1.96 bits per heavy atom. The molecular weight excluding hydrogens is 376 g/mol. The highest BCUT2D eigenvalue weighted by Gasteiger charge is 2.30. The fourth-order valence-corrected chi connectivity index (χ4v) is 4.07. The van der Waals surface area contributed by atoms with E-state index in [1.165, 1.54) is 23.2 Å². The molecule has 1 aliphatic heterocycles. The minimum atomic E-state index is -0.415. The fourth-order valence-electron chi connectivity index (χ4n) is 3.54. The standard InChI is InChI=1S/C19H20N6O2S/c26-25(27)16-17(23-19-20-8-11-28-19)21-13-22-18(16)24-9-6-15(7-10-24)12-14-4-2-1-3-5-14/h1-5,8,11,13,15H,6-7,9-10,12H2,(H,20,21,22,23). The van der Waals surface area contributed by atoms with E-state index in [9.17, 15) is 10.1 Å². The van der Waals surface area contributed by atoms with Crippen LogP contribution in [-0.2, 0) is 6.42 Å². The summed E-state index contributed by atoms with van der Waals surface area (Å²) in [5.41, 5.74) is 1.24. The Labute approximate surface area is 166 Å². The van der Waals surface area contributed by atoms with Crippen LogP contribution in [0.25, 0.3) is 0 Å². The molecular formula is C19H20N6O2S. The average Bonchev–Trinajstić information content (AvgIpc) is 3.22. The van der Waals surface area contributed by atoms with Crippen molar-refractivity contribution in [2.45, 2.75) is 19.3 Å². The number of anilines is 3. The van der Waals surface area contributed by atoms with Gasteiger partial charge in [0, 0.05) is 24.7 Å². The lowest BCUT2D eigenvalue weighted by Crippen LogP contribution is -2.35. The molecule has 0 saturated carbocycles. The van der Waals surface area contributed by atoms with E-state index >= 15 is 0 Å². The number of thiazole rings is 1. The molecule has 0 spiro atoms. The summed E-state index contributed by atoms with van der Waals surface area (Å²) in [4.78, 5) is 25.8. The van der Waals surface area contributed by atoms with E-state index in [1.807, 2.05) is 11.0 Å². The Kier molecular flexibility index (Phi) is 5.43. The first-order chi connectivity index (χ1) is 13.7. The predicted octanol–water partition coefficient (Wildman–Crippen LogP) is 4.04. The van der Waals surface area contributed by atoms with Gasteiger partial charge < -0.3 is 10.2 Å². The maximum Gasteiger partial charge on any atom is 0.353 e. The van der Waals surface area contributed by atoms with Gasteiger partial charge >= 0.3 is 5.69 Å². The van der Waals surface area contributed by atoms with Gasteiger partial charge in [-0.3, -0.25) is 10.1 Å². The van der Waals surface area contributed by atoms with Crippen molar-refractivity contribution in [2.24, 2.45) is 5.92 Å². The van der Waals surface area contributed by atoms with Crippen LogP contribution in [0.5, 0.6) is 0 Å². The van der Waals surface area contributed by atoms with Gasteiger partial charge in [-0.25, -0.2) is 15.0 Å². The van der Waals surface area contributed by atoms with Gasteiger partial charge in [0.05, 0.1) is 4.92 Å². The lowest BCUT2D eigenvalue weighted by Gasteiger charge is -2.32. The summed E-state index contributed by atoms with van der Waals surface area (Å²) in [7, 11) is 0.